The zero-order valence-corrected chi connectivity index (χ0v) is 9.93. The van der Waals surface area contributed by atoms with E-state index in [1.54, 1.807) is 12.5 Å². The number of nitrogens with zero attached hydrogens (tertiary/aromatic N) is 2. The Bertz CT molecular complexity index is 469. The molecule has 2 heterocycles. The molecular weight excluding hydrogens is 218 g/mol. The molecule has 0 amide bonds. The summed E-state index contributed by atoms with van der Waals surface area (Å²) in [5.41, 5.74) is 1.99. The lowest BCUT2D eigenvalue weighted by Gasteiger charge is -2.10. The summed E-state index contributed by atoms with van der Waals surface area (Å²) >= 11 is 0. The molecule has 17 heavy (non-hydrogen) atoms. The number of hydrogen-bond donors (Lipinski definition) is 1. The zero-order valence-electron chi connectivity index (χ0n) is 9.93. The lowest BCUT2D eigenvalue weighted by atomic mass is 10.3. The van der Waals surface area contributed by atoms with Crippen molar-refractivity contribution in [3.8, 4) is 5.88 Å². The van der Waals surface area contributed by atoms with Crippen LogP contribution in [0.1, 0.15) is 18.1 Å². The van der Waals surface area contributed by atoms with Gasteiger partial charge >= 0.3 is 0 Å². The van der Waals surface area contributed by atoms with Crippen LogP contribution in [0.4, 0.5) is 5.82 Å². The van der Waals surface area contributed by atoms with Crippen molar-refractivity contribution in [1.82, 2.24) is 9.97 Å². The van der Waals surface area contributed by atoms with Crippen LogP contribution < -0.4 is 10.1 Å². The van der Waals surface area contributed by atoms with Crippen LogP contribution in [-0.2, 0) is 6.54 Å². The Morgan fingerprint density at radius 1 is 1.41 bits per heavy atom. The van der Waals surface area contributed by atoms with Crippen molar-refractivity contribution in [3.63, 3.8) is 0 Å². The van der Waals surface area contributed by atoms with Gasteiger partial charge < -0.3 is 14.5 Å². The highest BCUT2D eigenvalue weighted by Gasteiger charge is 2.07. The van der Waals surface area contributed by atoms with Crippen molar-refractivity contribution < 1.29 is 9.15 Å². The predicted octanol–water partition coefficient (Wildman–Crippen LogP) is 2.39. The third-order valence-electron chi connectivity index (χ3n) is 2.36. The molecule has 0 atom stereocenters. The van der Waals surface area contributed by atoms with Crippen molar-refractivity contribution in [1.29, 1.82) is 0 Å². The van der Waals surface area contributed by atoms with E-state index in [1.807, 2.05) is 19.9 Å². The molecule has 0 aliphatic carbocycles. The van der Waals surface area contributed by atoms with Gasteiger partial charge in [0.1, 0.15) is 12.1 Å². The van der Waals surface area contributed by atoms with Crippen molar-refractivity contribution >= 4 is 5.82 Å². The van der Waals surface area contributed by atoms with E-state index in [1.165, 1.54) is 6.33 Å². The Hall–Kier alpha value is -2.04. The van der Waals surface area contributed by atoms with Crippen LogP contribution in [0, 0.1) is 6.92 Å². The van der Waals surface area contributed by atoms with Gasteiger partial charge in [-0.15, -0.1) is 0 Å². The topological polar surface area (TPSA) is 60.2 Å². The summed E-state index contributed by atoms with van der Waals surface area (Å²) in [6.07, 6.45) is 4.85. The van der Waals surface area contributed by atoms with E-state index in [9.17, 15) is 0 Å². The van der Waals surface area contributed by atoms with E-state index in [0.29, 0.717) is 19.0 Å². The summed E-state index contributed by atoms with van der Waals surface area (Å²) in [5, 5.41) is 3.22. The van der Waals surface area contributed by atoms with Crippen LogP contribution >= 0.6 is 0 Å². The number of furan rings is 1. The SMILES string of the molecule is CCOc1ncnc(NCc2ccoc2)c1C. The lowest BCUT2D eigenvalue weighted by Crippen LogP contribution is -2.05. The van der Waals surface area contributed by atoms with Gasteiger partial charge in [-0.1, -0.05) is 0 Å². The average molecular weight is 233 g/mol. The molecule has 5 nitrogen and oxygen atoms in total. The van der Waals surface area contributed by atoms with Gasteiger partial charge in [0.15, 0.2) is 0 Å². The number of aromatic nitrogens is 2. The molecule has 5 heteroatoms. The van der Waals surface area contributed by atoms with Crippen molar-refractivity contribution in [3.05, 3.63) is 36.0 Å². The number of ether oxygens (including phenoxy) is 1. The minimum absolute atomic E-state index is 0.596. The van der Waals surface area contributed by atoms with Crippen LogP contribution in [0.3, 0.4) is 0 Å². The first-order chi connectivity index (χ1) is 8.31. The third-order valence-corrected chi connectivity index (χ3v) is 2.36. The van der Waals surface area contributed by atoms with E-state index in [-0.39, 0.29) is 0 Å². The maximum absolute atomic E-state index is 5.40. The Kier molecular flexibility index (Phi) is 3.59. The minimum Gasteiger partial charge on any atom is -0.478 e. The molecule has 0 bridgehead atoms. The van der Waals surface area contributed by atoms with Gasteiger partial charge in [0, 0.05) is 12.1 Å². The molecule has 0 aliphatic rings. The molecule has 2 aromatic heterocycles. The number of anilines is 1. The third kappa shape index (κ3) is 2.75. The second kappa shape index (κ2) is 5.34. The first-order valence-corrected chi connectivity index (χ1v) is 5.50. The molecule has 0 saturated carbocycles. The van der Waals surface area contributed by atoms with E-state index < -0.39 is 0 Å². The molecule has 2 aromatic rings. The maximum Gasteiger partial charge on any atom is 0.221 e. The van der Waals surface area contributed by atoms with Gasteiger partial charge in [0.25, 0.3) is 0 Å². The molecule has 0 saturated heterocycles. The van der Waals surface area contributed by atoms with Crippen LogP contribution in [0.5, 0.6) is 5.88 Å². The standard InChI is InChI=1S/C12H15N3O2/c1-3-17-12-9(2)11(14-8-15-12)13-6-10-4-5-16-7-10/h4-5,7-8H,3,6H2,1-2H3,(H,13,14,15). The molecule has 0 fully saturated rings. The van der Waals surface area contributed by atoms with Gasteiger partial charge in [-0.3, -0.25) is 0 Å². The van der Waals surface area contributed by atoms with Crippen molar-refractivity contribution in [2.45, 2.75) is 20.4 Å². The molecule has 1 N–H and O–H groups in total. The van der Waals surface area contributed by atoms with Crippen LogP contribution in [-0.4, -0.2) is 16.6 Å². The number of rotatable bonds is 5. The molecule has 0 aromatic carbocycles. The van der Waals surface area contributed by atoms with Crippen LogP contribution in [0.15, 0.2) is 29.3 Å². The van der Waals surface area contributed by atoms with Gasteiger partial charge in [-0.2, -0.15) is 0 Å². The fourth-order valence-corrected chi connectivity index (χ4v) is 1.47. The van der Waals surface area contributed by atoms with E-state index in [4.69, 9.17) is 9.15 Å². The number of hydrogen-bond acceptors (Lipinski definition) is 5. The fourth-order valence-electron chi connectivity index (χ4n) is 1.47. The van der Waals surface area contributed by atoms with Crippen LogP contribution in [0.25, 0.3) is 0 Å². The van der Waals surface area contributed by atoms with E-state index in [2.05, 4.69) is 15.3 Å². The first-order valence-electron chi connectivity index (χ1n) is 5.50. The van der Waals surface area contributed by atoms with Crippen LogP contribution in [0.2, 0.25) is 0 Å². The van der Waals surface area contributed by atoms with E-state index in [0.717, 1.165) is 16.9 Å². The maximum atomic E-state index is 5.40. The highest BCUT2D eigenvalue weighted by Crippen LogP contribution is 2.20. The van der Waals surface area contributed by atoms with Gasteiger partial charge in [-0.05, 0) is 19.9 Å². The Morgan fingerprint density at radius 2 is 2.29 bits per heavy atom. The molecule has 0 spiro atoms. The monoisotopic (exact) mass is 233 g/mol. The van der Waals surface area contributed by atoms with E-state index >= 15 is 0 Å². The summed E-state index contributed by atoms with van der Waals surface area (Å²) in [6.45, 7) is 5.13. The molecular formula is C12H15N3O2. The second-order valence-corrected chi connectivity index (χ2v) is 3.57. The first kappa shape index (κ1) is 11.4. The molecule has 0 aliphatic heterocycles. The Morgan fingerprint density at radius 3 is 3.00 bits per heavy atom. The normalized spacial score (nSPS) is 10.2. The van der Waals surface area contributed by atoms with Gasteiger partial charge in [0.05, 0.1) is 24.7 Å². The Balaban J connectivity index is 2.07. The smallest absolute Gasteiger partial charge is 0.221 e. The summed E-state index contributed by atoms with van der Waals surface area (Å²) in [5.74, 6) is 1.40. The summed E-state index contributed by atoms with van der Waals surface area (Å²) in [7, 11) is 0. The highest BCUT2D eigenvalue weighted by atomic mass is 16.5. The quantitative estimate of drug-likeness (QED) is 0.859. The fraction of sp³-hybridized carbons (Fsp3) is 0.333. The zero-order chi connectivity index (χ0) is 12.1. The molecule has 0 unspecified atom stereocenters. The largest absolute Gasteiger partial charge is 0.478 e. The highest BCUT2D eigenvalue weighted by molar-refractivity contribution is 5.47. The Labute approximate surface area is 99.8 Å². The van der Waals surface area contributed by atoms with Gasteiger partial charge in [-0.25, -0.2) is 9.97 Å². The summed E-state index contributed by atoms with van der Waals surface area (Å²) in [4.78, 5) is 8.27. The molecule has 90 valence electrons. The summed E-state index contributed by atoms with van der Waals surface area (Å²) in [6, 6.07) is 1.91. The number of nitrogens with one attached hydrogen (secondary N) is 1. The van der Waals surface area contributed by atoms with Crippen molar-refractivity contribution in [2.75, 3.05) is 11.9 Å². The summed E-state index contributed by atoms with van der Waals surface area (Å²) < 4.78 is 10.4. The molecule has 2 rings (SSSR count). The average Bonchev–Trinajstić information content (AvgIpc) is 2.83. The van der Waals surface area contributed by atoms with Crippen molar-refractivity contribution in [2.24, 2.45) is 0 Å². The second-order valence-electron chi connectivity index (χ2n) is 3.57. The minimum atomic E-state index is 0.596. The lowest BCUT2D eigenvalue weighted by molar-refractivity contribution is 0.324. The molecule has 0 radical (unpaired) electrons. The predicted molar refractivity (Wildman–Crippen MR) is 64.0 cm³/mol. The van der Waals surface area contributed by atoms with Gasteiger partial charge in [0.2, 0.25) is 5.88 Å².